The maximum absolute atomic E-state index is 11.6. The van der Waals surface area contributed by atoms with Crippen LogP contribution in [0.15, 0.2) is 24.3 Å². The summed E-state index contributed by atoms with van der Waals surface area (Å²) in [5.74, 6) is -1.03. The summed E-state index contributed by atoms with van der Waals surface area (Å²) in [7, 11) is 0. The van der Waals surface area contributed by atoms with Crippen molar-refractivity contribution < 1.29 is 14.7 Å². The highest BCUT2D eigenvalue weighted by Gasteiger charge is 2.17. The minimum Gasteiger partial charge on any atom is -0.478 e. The number of halogens is 1. The van der Waals surface area contributed by atoms with Crippen molar-refractivity contribution in [2.75, 3.05) is 24.5 Å². The fourth-order valence-electron chi connectivity index (χ4n) is 2.06. The second-order valence-corrected chi connectivity index (χ2v) is 4.91. The first-order valence-electron chi connectivity index (χ1n) is 6.28. The van der Waals surface area contributed by atoms with E-state index in [0.29, 0.717) is 17.1 Å². The molecule has 0 aliphatic carbocycles. The zero-order valence-electron chi connectivity index (χ0n) is 10.8. The van der Waals surface area contributed by atoms with Crippen LogP contribution in [0.3, 0.4) is 0 Å². The van der Waals surface area contributed by atoms with Gasteiger partial charge in [0.1, 0.15) is 0 Å². The molecule has 20 heavy (non-hydrogen) atoms. The lowest BCUT2D eigenvalue weighted by atomic mass is 10.1. The molecule has 0 unspecified atom stereocenters. The topological polar surface area (TPSA) is 69.6 Å². The molecule has 1 aliphatic rings. The van der Waals surface area contributed by atoms with E-state index in [2.05, 4.69) is 5.32 Å². The van der Waals surface area contributed by atoms with Crippen molar-refractivity contribution in [2.24, 2.45) is 0 Å². The Kier molecular flexibility index (Phi) is 4.63. The number of nitrogens with zero attached hydrogens (tertiary/aromatic N) is 1. The Balaban J connectivity index is 2.20. The molecule has 6 heteroatoms. The fraction of sp³-hybridized carbons (Fsp3) is 0.286. The largest absolute Gasteiger partial charge is 0.478 e. The second kappa shape index (κ2) is 6.43. The van der Waals surface area contributed by atoms with Crippen LogP contribution in [0, 0.1) is 0 Å². The van der Waals surface area contributed by atoms with E-state index in [1.165, 1.54) is 6.08 Å². The summed E-state index contributed by atoms with van der Waals surface area (Å²) in [5.41, 5.74) is 1.50. The summed E-state index contributed by atoms with van der Waals surface area (Å²) in [5, 5.41) is 11.9. The highest BCUT2D eigenvalue weighted by Crippen LogP contribution is 2.27. The lowest BCUT2D eigenvalue weighted by Gasteiger charge is -2.22. The van der Waals surface area contributed by atoms with Gasteiger partial charge in [-0.05, 0) is 30.2 Å². The van der Waals surface area contributed by atoms with E-state index in [-0.39, 0.29) is 12.5 Å². The Hall–Kier alpha value is -2.01. The van der Waals surface area contributed by atoms with E-state index in [1.54, 1.807) is 12.1 Å². The number of hydrogen-bond donors (Lipinski definition) is 2. The molecular formula is C14H15ClN2O3. The summed E-state index contributed by atoms with van der Waals surface area (Å²) >= 11 is 6.22. The summed E-state index contributed by atoms with van der Waals surface area (Å²) in [6.45, 7) is 1.71. The molecule has 1 aromatic carbocycles. The molecule has 2 N–H and O–H groups in total. The zero-order chi connectivity index (χ0) is 14.5. The van der Waals surface area contributed by atoms with Crippen LogP contribution in [-0.2, 0) is 9.59 Å². The molecule has 0 atom stereocenters. The molecule has 0 spiro atoms. The summed E-state index contributed by atoms with van der Waals surface area (Å²) in [4.78, 5) is 23.9. The van der Waals surface area contributed by atoms with Crippen molar-refractivity contribution >= 4 is 35.2 Å². The first-order chi connectivity index (χ1) is 9.56. The Bertz CT molecular complexity index is 557. The van der Waals surface area contributed by atoms with Crippen molar-refractivity contribution in [1.29, 1.82) is 0 Å². The molecule has 0 radical (unpaired) electrons. The standard InChI is InChI=1S/C14H15ClN2O3/c15-11-8-10(3-5-14(19)20)2-4-12(11)17-7-1-6-16-13(18)9-17/h2-5,8H,1,6-7,9H2,(H,16,18)(H,19,20)/b5-3+. The van der Waals surface area contributed by atoms with Crippen LogP contribution >= 0.6 is 11.6 Å². The number of amides is 1. The van der Waals surface area contributed by atoms with Crippen LogP contribution in [0.5, 0.6) is 0 Å². The number of nitrogens with one attached hydrogen (secondary N) is 1. The van der Waals surface area contributed by atoms with Gasteiger partial charge in [0, 0.05) is 19.2 Å². The molecule has 0 bridgehead atoms. The van der Waals surface area contributed by atoms with E-state index >= 15 is 0 Å². The van der Waals surface area contributed by atoms with Crippen molar-refractivity contribution in [1.82, 2.24) is 5.32 Å². The maximum Gasteiger partial charge on any atom is 0.328 e. The van der Waals surface area contributed by atoms with Gasteiger partial charge in [-0.2, -0.15) is 0 Å². The highest BCUT2D eigenvalue weighted by molar-refractivity contribution is 6.33. The molecule has 5 nitrogen and oxygen atoms in total. The van der Waals surface area contributed by atoms with Crippen molar-refractivity contribution in [2.45, 2.75) is 6.42 Å². The van der Waals surface area contributed by atoms with Gasteiger partial charge in [0.05, 0.1) is 17.3 Å². The van der Waals surface area contributed by atoms with Crippen LogP contribution in [0.1, 0.15) is 12.0 Å². The van der Waals surface area contributed by atoms with Gasteiger partial charge in [-0.1, -0.05) is 17.7 Å². The minimum atomic E-state index is -1.01. The predicted molar refractivity (Wildman–Crippen MR) is 78.0 cm³/mol. The summed E-state index contributed by atoms with van der Waals surface area (Å²) in [6, 6.07) is 5.28. The molecule has 106 valence electrons. The Morgan fingerprint density at radius 3 is 2.95 bits per heavy atom. The van der Waals surface area contributed by atoms with Crippen LogP contribution < -0.4 is 10.2 Å². The number of carbonyl (C=O) groups is 2. The third-order valence-electron chi connectivity index (χ3n) is 2.99. The molecule has 1 heterocycles. The van der Waals surface area contributed by atoms with Crippen LogP contribution in [0.4, 0.5) is 5.69 Å². The number of carboxylic acid groups (broad SMARTS) is 1. The van der Waals surface area contributed by atoms with Gasteiger partial charge in [0.15, 0.2) is 0 Å². The SMILES string of the molecule is O=C(O)/C=C/c1ccc(N2CCCNC(=O)C2)c(Cl)c1. The third-order valence-corrected chi connectivity index (χ3v) is 3.29. The van der Waals surface area contributed by atoms with Gasteiger partial charge in [-0.3, -0.25) is 4.79 Å². The molecule has 1 aromatic rings. The minimum absolute atomic E-state index is 0.0200. The Morgan fingerprint density at radius 2 is 2.25 bits per heavy atom. The van der Waals surface area contributed by atoms with Gasteiger partial charge in [0.2, 0.25) is 5.91 Å². The smallest absolute Gasteiger partial charge is 0.328 e. The number of carboxylic acids is 1. The van der Waals surface area contributed by atoms with E-state index in [0.717, 1.165) is 24.7 Å². The number of aliphatic carboxylic acids is 1. The first kappa shape index (κ1) is 14.4. The molecule has 1 amide bonds. The lowest BCUT2D eigenvalue weighted by molar-refractivity contribution is -0.131. The van der Waals surface area contributed by atoms with Gasteiger partial charge in [-0.25, -0.2) is 4.79 Å². The molecule has 0 aromatic heterocycles. The van der Waals surface area contributed by atoms with Gasteiger partial charge >= 0.3 is 5.97 Å². The Morgan fingerprint density at radius 1 is 1.45 bits per heavy atom. The van der Waals surface area contributed by atoms with E-state index < -0.39 is 5.97 Å². The molecule has 1 aliphatic heterocycles. The number of rotatable bonds is 3. The summed E-state index contributed by atoms with van der Waals surface area (Å²) < 4.78 is 0. The number of anilines is 1. The van der Waals surface area contributed by atoms with Crippen LogP contribution in [0.2, 0.25) is 5.02 Å². The highest BCUT2D eigenvalue weighted by atomic mass is 35.5. The predicted octanol–water partition coefficient (Wildman–Crippen LogP) is 1.76. The van der Waals surface area contributed by atoms with E-state index in [1.807, 2.05) is 11.0 Å². The molecule has 2 rings (SSSR count). The third kappa shape index (κ3) is 3.74. The first-order valence-corrected chi connectivity index (χ1v) is 6.66. The van der Waals surface area contributed by atoms with Gasteiger partial charge in [0.25, 0.3) is 0 Å². The van der Waals surface area contributed by atoms with Crippen molar-refractivity contribution in [3.8, 4) is 0 Å². The fourth-order valence-corrected chi connectivity index (χ4v) is 2.37. The van der Waals surface area contributed by atoms with Crippen LogP contribution in [-0.4, -0.2) is 36.6 Å². The maximum atomic E-state index is 11.6. The van der Waals surface area contributed by atoms with Gasteiger partial charge in [-0.15, -0.1) is 0 Å². The number of hydrogen-bond acceptors (Lipinski definition) is 3. The molecular weight excluding hydrogens is 280 g/mol. The number of carbonyl (C=O) groups excluding carboxylic acids is 1. The average Bonchev–Trinajstić information content (AvgIpc) is 2.61. The normalized spacial score (nSPS) is 16.1. The van der Waals surface area contributed by atoms with Gasteiger partial charge < -0.3 is 15.3 Å². The second-order valence-electron chi connectivity index (χ2n) is 4.51. The number of benzene rings is 1. The van der Waals surface area contributed by atoms with Crippen molar-refractivity contribution in [3.05, 3.63) is 34.9 Å². The average molecular weight is 295 g/mol. The quantitative estimate of drug-likeness (QED) is 0.834. The van der Waals surface area contributed by atoms with E-state index in [4.69, 9.17) is 16.7 Å². The lowest BCUT2D eigenvalue weighted by Crippen LogP contribution is -2.33. The monoisotopic (exact) mass is 294 g/mol. The van der Waals surface area contributed by atoms with E-state index in [9.17, 15) is 9.59 Å². The van der Waals surface area contributed by atoms with Crippen LogP contribution in [0.25, 0.3) is 6.08 Å². The molecule has 0 saturated carbocycles. The Labute approximate surface area is 121 Å². The molecule has 1 saturated heterocycles. The zero-order valence-corrected chi connectivity index (χ0v) is 11.6. The van der Waals surface area contributed by atoms with Crippen molar-refractivity contribution in [3.63, 3.8) is 0 Å². The summed E-state index contributed by atoms with van der Waals surface area (Å²) in [6.07, 6.45) is 3.40. The molecule has 1 fully saturated rings.